The van der Waals surface area contributed by atoms with Crippen molar-refractivity contribution in [3.05, 3.63) is 100 Å². The fourth-order valence-corrected chi connectivity index (χ4v) is 4.10. The summed E-state index contributed by atoms with van der Waals surface area (Å²) in [6.45, 7) is 4.69. The van der Waals surface area contributed by atoms with Gasteiger partial charge in [0.15, 0.2) is 0 Å². The molecule has 3 aromatic carbocycles. The molecule has 2 N–H and O–H groups in total. The predicted molar refractivity (Wildman–Crippen MR) is 147 cm³/mol. The highest BCUT2D eigenvalue weighted by Crippen LogP contribution is 2.18. The summed E-state index contributed by atoms with van der Waals surface area (Å²) in [6, 6.07) is 22.4. The number of hydrogen-bond acceptors (Lipinski definition) is 8. The second-order valence-electron chi connectivity index (χ2n) is 8.32. The lowest BCUT2D eigenvalue weighted by molar-refractivity contribution is -0.120. The molecule has 0 fully saturated rings. The molecule has 4 rings (SSSR count). The Balaban J connectivity index is 1.20. The SMILES string of the molecule is Cc1ccc(OCCOc2cccc(C=NNC(=O)Cc3nnc(NC(=O)c4ccccc4C)s3)c2)cc1. The van der Waals surface area contributed by atoms with Gasteiger partial charge in [0, 0.05) is 5.56 Å². The first-order chi connectivity index (χ1) is 18.5. The van der Waals surface area contributed by atoms with Gasteiger partial charge in [-0.2, -0.15) is 5.10 Å². The first-order valence-corrected chi connectivity index (χ1v) is 12.7. The molecule has 2 amide bonds. The molecule has 0 radical (unpaired) electrons. The quantitative estimate of drug-likeness (QED) is 0.167. The number of hydrazone groups is 1. The average Bonchev–Trinajstić information content (AvgIpc) is 3.34. The summed E-state index contributed by atoms with van der Waals surface area (Å²) in [5, 5.41) is 15.4. The summed E-state index contributed by atoms with van der Waals surface area (Å²) in [6.07, 6.45) is 1.51. The summed E-state index contributed by atoms with van der Waals surface area (Å²) in [7, 11) is 0. The van der Waals surface area contributed by atoms with Gasteiger partial charge in [-0.1, -0.05) is 59.4 Å². The van der Waals surface area contributed by atoms with Crippen LogP contribution in [0.25, 0.3) is 0 Å². The van der Waals surface area contributed by atoms with E-state index in [1.54, 1.807) is 12.1 Å². The molecule has 1 aromatic heterocycles. The second-order valence-corrected chi connectivity index (χ2v) is 9.38. The van der Waals surface area contributed by atoms with Crippen LogP contribution in [0.1, 0.15) is 32.1 Å². The zero-order chi connectivity index (χ0) is 26.7. The minimum Gasteiger partial charge on any atom is -0.490 e. The maximum Gasteiger partial charge on any atom is 0.257 e. The summed E-state index contributed by atoms with van der Waals surface area (Å²) < 4.78 is 11.4. The van der Waals surface area contributed by atoms with Crippen LogP contribution in [-0.2, 0) is 11.2 Å². The molecule has 0 aliphatic heterocycles. The van der Waals surface area contributed by atoms with Crippen LogP contribution < -0.4 is 20.2 Å². The Morgan fingerprint density at radius 3 is 2.47 bits per heavy atom. The molecule has 194 valence electrons. The van der Waals surface area contributed by atoms with E-state index in [0.29, 0.717) is 34.7 Å². The Bertz CT molecular complexity index is 1420. The number of aryl methyl sites for hydroxylation is 2. The van der Waals surface area contributed by atoms with E-state index in [2.05, 4.69) is 26.0 Å². The van der Waals surface area contributed by atoms with E-state index in [1.807, 2.05) is 74.5 Å². The Morgan fingerprint density at radius 2 is 1.68 bits per heavy atom. The molecule has 38 heavy (non-hydrogen) atoms. The molecular weight excluding hydrogens is 502 g/mol. The molecular formula is C28H27N5O4S. The van der Waals surface area contributed by atoms with Gasteiger partial charge in [0.2, 0.25) is 11.0 Å². The lowest BCUT2D eigenvalue weighted by Gasteiger charge is -2.09. The van der Waals surface area contributed by atoms with Crippen molar-refractivity contribution in [1.82, 2.24) is 15.6 Å². The fourth-order valence-electron chi connectivity index (χ4n) is 3.36. The zero-order valence-corrected chi connectivity index (χ0v) is 21.8. The summed E-state index contributed by atoms with van der Waals surface area (Å²) in [4.78, 5) is 24.7. The van der Waals surface area contributed by atoms with E-state index in [0.717, 1.165) is 28.2 Å². The van der Waals surface area contributed by atoms with Gasteiger partial charge in [-0.25, -0.2) is 5.43 Å². The summed E-state index contributed by atoms with van der Waals surface area (Å²) >= 11 is 1.14. The standard InChI is InChI=1S/C28H27N5O4S/c1-19-10-12-22(13-11-19)36-14-15-37-23-8-5-7-21(16-23)18-29-31-25(34)17-26-32-33-28(38-26)30-27(35)24-9-4-3-6-20(24)2/h3-13,16,18H,14-15,17H2,1-2H3,(H,31,34)(H,30,33,35). The molecule has 0 aliphatic carbocycles. The van der Waals surface area contributed by atoms with Crippen molar-refractivity contribution in [2.75, 3.05) is 18.5 Å². The topological polar surface area (TPSA) is 115 Å². The van der Waals surface area contributed by atoms with E-state index >= 15 is 0 Å². The molecule has 0 spiro atoms. The van der Waals surface area contributed by atoms with Crippen LogP contribution >= 0.6 is 11.3 Å². The van der Waals surface area contributed by atoms with Gasteiger partial charge in [0.25, 0.3) is 5.91 Å². The highest BCUT2D eigenvalue weighted by molar-refractivity contribution is 7.15. The van der Waals surface area contributed by atoms with E-state index in [4.69, 9.17) is 9.47 Å². The van der Waals surface area contributed by atoms with Crippen molar-refractivity contribution in [3.63, 3.8) is 0 Å². The summed E-state index contributed by atoms with van der Waals surface area (Å²) in [5.41, 5.74) is 5.83. The van der Waals surface area contributed by atoms with Crippen LogP contribution in [0.4, 0.5) is 5.13 Å². The van der Waals surface area contributed by atoms with Gasteiger partial charge in [0.05, 0.1) is 12.6 Å². The largest absolute Gasteiger partial charge is 0.490 e. The molecule has 0 bridgehead atoms. The molecule has 0 unspecified atom stereocenters. The first kappa shape index (κ1) is 26.5. The number of amides is 2. The Hall–Kier alpha value is -4.57. The maximum absolute atomic E-state index is 12.4. The van der Waals surface area contributed by atoms with Crippen LogP contribution in [0.2, 0.25) is 0 Å². The minimum absolute atomic E-state index is 0.0145. The van der Waals surface area contributed by atoms with Crippen molar-refractivity contribution in [1.29, 1.82) is 0 Å². The number of nitrogens with one attached hydrogen (secondary N) is 2. The van der Waals surface area contributed by atoms with Crippen molar-refractivity contribution in [2.45, 2.75) is 20.3 Å². The van der Waals surface area contributed by atoms with Crippen LogP contribution in [0.15, 0.2) is 77.9 Å². The third-order valence-corrected chi connectivity index (χ3v) is 6.13. The van der Waals surface area contributed by atoms with Gasteiger partial charge in [-0.05, 0) is 55.3 Å². The molecule has 0 atom stereocenters. The van der Waals surface area contributed by atoms with Crippen molar-refractivity contribution >= 4 is 34.5 Å². The molecule has 9 nitrogen and oxygen atoms in total. The molecule has 0 saturated heterocycles. The third-order valence-electron chi connectivity index (χ3n) is 5.29. The van der Waals surface area contributed by atoms with Gasteiger partial charge < -0.3 is 9.47 Å². The normalized spacial score (nSPS) is 10.8. The maximum atomic E-state index is 12.4. The highest BCUT2D eigenvalue weighted by Gasteiger charge is 2.13. The number of carbonyl (C=O) groups is 2. The van der Waals surface area contributed by atoms with Gasteiger partial charge in [-0.15, -0.1) is 10.2 Å². The van der Waals surface area contributed by atoms with Crippen LogP contribution in [0.3, 0.4) is 0 Å². The number of hydrogen-bond donors (Lipinski definition) is 2. The van der Waals surface area contributed by atoms with E-state index in [-0.39, 0.29) is 18.2 Å². The third kappa shape index (κ3) is 7.97. The fraction of sp³-hybridized carbons (Fsp3) is 0.179. The second kappa shape index (κ2) is 13.1. The number of carbonyl (C=O) groups excluding carboxylic acids is 2. The van der Waals surface area contributed by atoms with E-state index < -0.39 is 0 Å². The molecule has 0 saturated carbocycles. The summed E-state index contributed by atoms with van der Waals surface area (Å²) in [5.74, 6) is 0.842. The molecule has 10 heteroatoms. The zero-order valence-electron chi connectivity index (χ0n) is 21.0. The lowest BCUT2D eigenvalue weighted by atomic mass is 10.1. The Labute approximate surface area is 224 Å². The predicted octanol–water partition coefficient (Wildman–Crippen LogP) is 4.56. The monoisotopic (exact) mass is 529 g/mol. The molecule has 4 aromatic rings. The molecule has 0 aliphatic rings. The number of ether oxygens (including phenoxy) is 2. The van der Waals surface area contributed by atoms with Crippen molar-refractivity contribution < 1.29 is 19.1 Å². The van der Waals surface area contributed by atoms with E-state index in [9.17, 15) is 9.59 Å². The van der Waals surface area contributed by atoms with Crippen molar-refractivity contribution in [2.24, 2.45) is 5.10 Å². The van der Waals surface area contributed by atoms with E-state index in [1.165, 1.54) is 11.8 Å². The highest BCUT2D eigenvalue weighted by atomic mass is 32.1. The van der Waals surface area contributed by atoms with Crippen molar-refractivity contribution in [3.8, 4) is 11.5 Å². The minimum atomic E-state index is -0.352. The van der Waals surface area contributed by atoms with Gasteiger partial charge >= 0.3 is 0 Å². The van der Waals surface area contributed by atoms with Crippen LogP contribution in [0, 0.1) is 13.8 Å². The molecule has 1 heterocycles. The Morgan fingerprint density at radius 1 is 0.921 bits per heavy atom. The number of aromatic nitrogens is 2. The van der Waals surface area contributed by atoms with Gasteiger partial charge in [-0.3, -0.25) is 14.9 Å². The smallest absolute Gasteiger partial charge is 0.257 e. The first-order valence-electron chi connectivity index (χ1n) is 11.9. The Kier molecular flexibility index (Phi) is 9.14. The number of rotatable bonds is 11. The van der Waals surface area contributed by atoms with Gasteiger partial charge in [0.1, 0.15) is 29.7 Å². The number of benzene rings is 3. The van der Waals surface area contributed by atoms with Crippen LogP contribution in [-0.4, -0.2) is 41.4 Å². The van der Waals surface area contributed by atoms with Crippen LogP contribution in [0.5, 0.6) is 11.5 Å². The average molecular weight is 530 g/mol. The lowest BCUT2D eigenvalue weighted by Crippen LogP contribution is -2.19. The number of anilines is 1. The number of nitrogens with zero attached hydrogens (tertiary/aromatic N) is 3.